The molecule has 9 heteroatoms. The van der Waals surface area contributed by atoms with Crippen LogP contribution in [0.25, 0.3) is 11.5 Å². The molecule has 0 saturated carbocycles. The summed E-state index contributed by atoms with van der Waals surface area (Å²) in [5, 5.41) is 6.61. The summed E-state index contributed by atoms with van der Waals surface area (Å²) in [6.45, 7) is 9.28. The second kappa shape index (κ2) is 9.03. The van der Waals surface area contributed by atoms with Crippen LogP contribution in [0.1, 0.15) is 53.7 Å². The molecule has 33 heavy (non-hydrogen) atoms. The van der Waals surface area contributed by atoms with Crippen LogP contribution in [-0.2, 0) is 6.54 Å². The maximum Gasteiger partial charge on any atom is 0.263 e. The summed E-state index contributed by atoms with van der Waals surface area (Å²) >= 11 is 1.36. The largest absolute Gasteiger partial charge is 0.466 e. The summed E-state index contributed by atoms with van der Waals surface area (Å²) in [4.78, 5) is 34.5. The molecule has 3 aromatic heterocycles. The molecule has 0 spiro atoms. The zero-order valence-corrected chi connectivity index (χ0v) is 19.8. The van der Waals surface area contributed by atoms with Crippen molar-refractivity contribution in [2.45, 2.75) is 41.2 Å². The summed E-state index contributed by atoms with van der Waals surface area (Å²) in [5.74, 6) is 1.84. The van der Waals surface area contributed by atoms with Gasteiger partial charge in [0.15, 0.2) is 0 Å². The highest BCUT2D eigenvalue weighted by Crippen LogP contribution is 2.25. The Kier molecular flexibility index (Phi) is 6.15. The summed E-state index contributed by atoms with van der Waals surface area (Å²) < 4.78 is 11.3. The zero-order valence-electron chi connectivity index (χ0n) is 19.0. The minimum Gasteiger partial charge on any atom is -0.466 e. The van der Waals surface area contributed by atoms with Gasteiger partial charge in [-0.15, -0.1) is 11.3 Å². The summed E-state index contributed by atoms with van der Waals surface area (Å²) in [7, 11) is 0. The van der Waals surface area contributed by atoms with E-state index in [1.54, 1.807) is 39.0 Å². The number of hydrogen-bond donors (Lipinski definition) is 2. The molecule has 0 aliphatic heterocycles. The maximum absolute atomic E-state index is 12.6. The van der Waals surface area contributed by atoms with E-state index in [9.17, 15) is 9.59 Å². The zero-order chi connectivity index (χ0) is 23.7. The Bertz CT molecular complexity index is 1350. The van der Waals surface area contributed by atoms with Crippen molar-refractivity contribution in [3.05, 3.63) is 74.4 Å². The number of furan rings is 1. The van der Waals surface area contributed by atoms with Crippen LogP contribution in [0, 0.1) is 34.6 Å². The lowest BCUT2D eigenvalue weighted by atomic mass is 10.2. The van der Waals surface area contributed by atoms with Crippen LogP contribution < -0.4 is 10.6 Å². The van der Waals surface area contributed by atoms with Gasteiger partial charge < -0.3 is 19.5 Å². The van der Waals surface area contributed by atoms with E-state index in [2.05, 4.69) is 20.6 Å². The van der Waals surface area contributed by atoms with Gasteiger partial charge in [0.2, 0.25) is 5.89 Å². The smallest absolute Gasteiger partial charge is 0.263 e. The second-order valence-corrected chi connectivity index (χ2v) is 8.92. The molecular weight excluding hydrogens is 440 g/mol. The minimum absolute atomic E-state index is 0.184. The molecule has 1 aromatic carbocycles. The number of nitrogens with one attached hydrogen (secondary N) is 2. The first-order chi connectivity index (χ1) is 15.7. The Labute approximate surface area is 195 Å². The number of aromatic nitrogens is 2. The van der Waals surface area contributed by atoms with Gasteiger partial charge in [-0.05, 0) is 58.9 Å². The highest BCUT2D eigenvalue weighted by molar-refractivity contribution is 7.13. The Morgan fingerprint density at radius 2 is 1.76 bits per heavy atom. The standard InChI is InChI=1S/C24H24N4O4S/c1-12-9-19(14(3)31-12)22(29)27-18-8-6-7-17(10-18)24-28-20(15(4)32-24)11-25-23(30)21-13(2)26-16(5)33-21/h6-10H,11H2,1-5H3,(H,25,30)(H,27,29). The van der Waals surface area contributed by atoms with Gasteiger partial charge in [0.1, 0.15) is 27.9 Å². The van der Waals surface area contributed by atoms with Crippen molar-refractivity contribution in [3.63, 3.8) is 0 Å². The number of oxazole rings is 1. The van der Waals surface area contributed by atoms with E-state index in [1.807, 2.05) is 26.0 Å². The molecule has 0 unspecified atom stereocenters. The Morgan fingerprint density at radius 1 is 0.970 bits per heavy atom. The molecule has 2 N–H and O–H groups in total. The molecular formula is C24H24N4O4S. The summed E-state index contributed by atoms with van der Waals surface area (Å²) in [6.07, 6.45) is 0. The molecule has 4 rings (SSSR count). The van der Waals surface area contributed by atoms with E-state index in [0.717, 1.165) is 5.01 Å². The third-order valence-electron chi connectivity index (χ3n) is 5.07. The molecule has 8 nitrogen and oxygen atoms in total. The Hall–Kier alpha value is -3.72. The second-order valence-electron chi connectivity index (χ2n) is 7.71. The molecule has 0 aliphatic rings. The predicted octanol–water partition coefficient (Wildman–Crippen LogP) is 5.12. The van der Waals surface area contributed by atoms with Crippen molar-refractivity contribution in [2.24, 2.45) is 0 Å². The number of nitrogens with zero attached hydrogens (tertiary/aromatic N) is 2. The van der Waals surface area contributed by atoms with E-state index in [-0.39, 0.29) is 18.4 Å². The molecule has 2 amide bonds. The third kappa shape index (κ3) is 4.88. The molecule has 0 aliphatic carbocycles. The number of carbonyl (C=O) groups excluding carboxylic acids is 2. The predicted molar refractivity (Wildman–Crippen MR) is 126 cm³/mol. The average molecular weight is 465 g/mol. The molecule has 170 valence electrons. The lowest BCUT2D eigenvalue weighted by molar-refractivity contribution is 0.0952. The van der Waals surface area contributed by atoms with E-state index >= 15 is 0 Å². The van der Waals surface area contributed by atoms with Crippen molar-refractivity contribution < 1.29 is 18.4 Å². The molecule has 0 atom stereocenters. The normalized spacial score (nSPS) is 10.9. The van der Waals surface area contributed by atoms with E-state index in [1.165, 1.54) is 11.3 Å². The Morgan fingerprint density at radius 3 is 2.42 bits per heavy atom. The summed E-state index contributed by atoms with van der Waals surface area (Å²) in [6, 6.07) is 8.95. The minimum atomic E-state index is -0.248. The van der Waals surface area contributed by atoms with Gasteiger partial charge in [0, 0.05) is 11.3 Å². The maximum atomic E-state index is 12.6. The number of benzene rings is 1. The van der Waals surface area contributed by atoms with Gasteiger partial charge in [-0.1, -0.05) is 6.07 Å². The van der Waals surface area contributed by atoms with Crippen LogP contribution in [0.15, 0.2) is 39.2 Å². The molecule has 0 saturated heterocycles. The molecule has 4 aromatic rings. The number of rotatable bonds is 6. The van der Waals surface area contributed by atoms with Crippen molar-refractivity contribution in [2.75, 3.05) is 5.32 Å². The molecule has 0 fully saturated rings. The first kappa shape index (κ1) is 22.5. The number of aryl methyl sites for hydroxylation is 5. The first-order valence-electron chi connectivity index (χ1n) is 10.4. The van der Waals surface area contributed by atoms with Crippen LogP contribution in [0.4, 0.5) is 5.69 Å². The van der Waals surface area contributed by atoms with Gasteiger partial charge in [0.25, 0.3) is 11.8 Å². The highest BCUT2D eigenvalue weighted by atomic mass is 32.1. The van der Waals surface area contributed by atoms with Crippen LogP contribution in [-0.4, -0.2) is 21.8 Å². The molecule has 3 heterocycles. The third-order valence-corrected chi connectivity index (χ3v) is 6.14. The Balaban J connectivity index is 1.47. The van der Waals surface area contributed by atoms with Gasteiger partial charge >= 0.3 is 0 Å². The van der Waals surface area contributed by atoms with E-state index in [4.69, 9.17) is 8.83 Å². The number of anilines is 1. The topological polar surface area (TPSA) is 110 Å². The van der Waals surface area contributed by atoms with Crippen LogP contribution in [0.5, 0.6) is 0 Å². The fourth-order valence-corrected chi connectivity index (χ4v) is 4.32. The summed E-state index contributed by atoms with van der Waals surface area (Å²) in [5.41, 5.74) is 3.16. The first-order valence-corrected chi connectivity index (χ1v) is 11.2. The quantitative estimate of drug-likeness (QED) is 0.410. The lowest BCUT2D eigenvalue weighted by Crippen LogP contribution is -2.23. The fraction of sp³-hybridized carbons (Fsp3) is 0.250. The lowest BCUT2D eigenvalue weighted by Gasteiger charge is -2.05. The molecule has 0 radical (unpaired) electrons. The van der Waals surface area contributed by atoms with Gasteiger partial charge in [0.05, 0.1) is 22.8 Å². The van der Waals surface area contributed by atoms with Crippen LogP contribution >= 0.6 is 11.3 Å². The van der Waals surface area contributed by atoms with E-state index < -0.39 is 0 Å². The van der Waals surface area contributed by atoms with Crippen molar-refractivity contribution in [1.29, 1.82) is 0 Å². The van der Waals surface area contributed by atoms with Crippen molar-refractivity contribution >= 4 is 28.8 Å². The monoisotopic (exact) mass is 464 g/mol. The van der Waals surface area contributed by atoms with Crippen molar-refractivity contribution in [1.82, 2.24) is 15.3 Å². The van der Waals surface area contributed by atoms with Gasteiger partial charge in [-0.2, -0.15) is 0 Å². The number of hydrogen-bond acceptors (Lipinski definition) is 7. The highest BCUT2D eigenvalue weighted by Gasteiger charge is 2.18. The van der Waals surface area contributed by atoms with Crippen LogP contribution in [0.3, 0.4) is 0 Å². The SMILES string of the molecule is Cc1cc(C(=O)Nc2cccc(-c3nc(CNC(=O)c4sc(C)nc4C)c(C)o3)c2)c(C)o1. The van der Waals surface area contributed by atoms with Crippen molar-refractivity contribution in [3.8, 4) is 11.5 Å². The molecule has 0 bridgehead atoms. The fourth-order valence-electron chi connectivity index (χ4n) is 3.49. The number of carbonyl (C=O) groups is 2. The van der Waals surface area contributed by atoms with Gasteiger partial charge in [-0.25, -0.2) is 9.97 Å². The van der Waals surface area contributed by atoms with Crippen LogP contribution in [0.2, 0.25) is 0 Å². The average Bonchev–Trinajstić information content (AvgIpc) is 3.42. The van der Waals surface area contributed by atoms with Gasteiger partial charge in [-0.3, -0.25) is 9.59 Å². The number of thiazole rings is 1. The number of amides is 2. The van der Waals surface area contributed by atoms with E-state index in [0.29, 0.717) is 56.3 Å².